The average molecular weight is 415 g/mol. The van der Waals surface area contributed by atoms with Crippen LogP contribution < -0.4 is 14.2 Å². The maximum absolute atomic E-state index is 12.5. The van der Waals surface area contributed by atoms with E-state index in [4.69, 9.17) is 14.2 Å². The Kier molecular flexibility index (Phi) is 7.41. The molecule has 1 atom stereocenters. The van der Waals surface area contributed by atoms with Gasteiger partial charge >= 0.3 is 0 Å². The monoisotopic (exact) mass is 414 g/mol. The summed E-state index contributed by atoms with van der Waals surface area (Å²) in [4.78, 5) is 16.8. The molecule has 1 saturated heterocycles. The second-order valence-electron chi connectivity index (χ2n) is 7.30. The van der Waals surface area contributed by atoms with Crippen molar-refractivity contribution in [2.24, 2.45) is 0 Å². The number of hydrogen-bond donors (Lipinski definition) is 1. The van der Waals surface area contributed by atoms with Gasteiger partial charge in [-0.05, 0) is 36.8 Å². The molecule has 3 rings (SSSR count). The number of methoxy groups -OCH3 is 2. The van der Waals surface area contributed by atoms with Crippen LogP contribution in [0.5, 0.6) is 23.0 Å². The van der Waals surface area contributed by atoms with Gasteiger partial charge in [-0.1, -0.05) is 12.1 Å². The lowest BCUT2D eigenvalue weighted by atomic mass is 10.1. The highest BCUT2D eigenvalue weighted by Gasteiger charge is 2.25. The zero-order valence-corrected chi connectivity index (χ0v) is 17.8. The Hall–Kier alpha value is -2.93. The second-order valence-corrected chi connectivity index (χ2v) is 7.30. The Labute approximate surface area is 177 Å². The molecule has 162 valence electrons. The van der Waals surface area contributed by atoms with Gasteiger partial charge in [-0.25, -0.2) is 0 Å². The summed E-state index contributed by atoms with van der Waals surface area (Å²) >= 11 is 0. The molecule has 1 N–H and O–H groups in total. The molecule has 2 aromatic rings. The minimum Gasteiger partial charge on any atom is -0.508 e. The molecule has 0 bridgehead atoms. The summed E-state index contributed by atoms with van der Waals surface area (Å²) in [6, 6.07) is 12.8. The average Bonchev–Trinajstić information content (AvgIpc) is 2.78. The quantitative estimate of drug-likeness (QED) is 0.716. The van der Waals surface area contributed by atoms with E-state index in [2.05, 4.69) is 17.9 Å². The minimum absolute atomic E-state index is 0.0913. The second kappa shape index (κ2) is 10.2. The zero-order valence-electron chi connectivity index (χ0n) is 17.8. The molecule has 1 aliphatic rings. The molecule has 0 aromatic heterocycles. The van der Waals surface area contributed by atoms with Gasteiger partial charge in [0.25, 0.3) is 0 Å². The van der Waals surface area contributed by atoms with Crippen LogP contribution in [0.1, 0.15) is 24.9 Å². The molecule has 1 amide bonds. The number of amides is 1. The Morgan fingerprint density at radius 3 is 2.43 bits per heavy atom. The summed E-state index contributed by atoms with van der Waals surface area (Å²) in [6.07, 6.45) is 0.320. The Morgan fingerprint density at radius 1 is 1.03 bits per heavy atom. The third-order valence-electron chi connectivity index (χ3n) is 5.51. The van der Waals surface area contributed by atoms with Crippen molar-refractivity contribution < 1.29 is 24.1 Å². The van der Waals surface area contributed by atoms with Gasteiger partial charge < -0.3 is 24.2 Å². The summed E-state index contributed by atoms with van der Waals surface area (Å²) in [5.74, 6) is 2.25. The first kappa shape index (κ1) is 21.8. The summed E-state index contributed by atoms with van der Waals surface area (Å²) in [5.41, 5.74) is 1.16. The van der Waals surface area contributed by atoms with Gasteiger partial charge in [-0.2, -0.15) is 0 Å². The topological polar surface area (TPSA) is 71.5 Å². The predicted octanol–water partition coefficient (Wildman–Crippen LogP) is 3.08. The molecular formula is C23H30N2O5. The van der Waals surface area contributed by atoms with Crippen LogP contribution in [0, 0.1) is 0 Å². The van der Waals surface area contributed by atoms with Crippen LogP contribution >= 0.6 is 0 Å². The first-order chi connectivity index (χ1) is 14.5. The predicted molar refractivity (Wildman–Crippen MR) is 114 cm³/mol. The number of phenolic OH excluding ortho intramolecular Hbond substituents is 1. The van der Waals surface area contributed by atoms with Crippen LogP contribution in [0.2, 0.25) is 0 Å². The maximum atomic E-state index is 12.5. The van der Waals surface area contributed by atoms with E-state index in [1.807, 2.05) is 17.0 Å². The molecule has 0 saturated carbocycles. The fourth-order valence-electron chi connectivity index (χ4n) is 3.67. The number of hydrogen-bond acceptors (Lipinski definition) is 6. The highest BCUT2D eigenvalue weighted by atomic mass is 16.5. The molecule has 1 heterocycles. The molecule has 0 spiro atoms. The Balaban J connectivity index is 1.47. The van der Waals surface area contributed by atoms with Crippen LogP contribution in [0.4, 0.5) is 0 Å². The molecule has 0 aliphatic carbocycles. The first-order valence-electron chi connectivity index (χ1n) is 10.2. The van der Waals surface area contributed by atoms with E-state index in [-0.39, 0.29) is 17.7 Å². The smallest absolute Gasteiger partial charge is 0.226 e. The molecule has 1 aliphatic heterocycles. The number of rotatable bonds is 8. The van der Waals surface area contributed by atoms with Crippen molar-refractivity contribution in [1.82, 2.24) is 9.80 Å². The number of ether oxygens (including phenoxy) is 3. The third-order valence-corrected chi connectivity index (χ3v) is 5.51. The van der Waals surface area contributed by atoms with Crippen molar-refractivity contribution >= 4 is 5.91 Å². The largest absolute Gasteiger partial charge is 0.508 e. The number of carbonyl (C=O) groups is 1. The lowest BCUT2D eigenvalue weighted by Crippen LogP contribution is -2.49. The van der Waals surface area contributed by atoms with Crippen molar-refractivity contribution in [3.8, 4) is 23.0 Å². The number of nitrogens with zero attached hydrogens (tertiary/aromatic N) is 2. The van der Waals surface area contributed by atoms with Crippen LogP contribution in [0.15, 0.2) is 42.5 Å². The zero-order chi connectivity index (χ0) is 21.5. The molecular weight excluding hydrogens is 384 g/mol. The Bertz CT molecular complexity index is 849. The summed E-state index contributed by atoms with van der Waals surface area (Å²) in [6.45, 7) is 5.49. The number of carbonyl (C=O) groups excluding carboxylic acids is 1. The summed E-state index contributed by atoms with van der Waals surface area (Å²) in [5, 5.41) is 9.46. The van der Waals surface area contributed by atoms with Gasteiger partial charge in [0, 0.05) is 38.3 Å². The number of benzene rings is 2. The molecule has 2 aromatic carbocycles. The highest BCUT2D eigenvalue weighted by Crippen LogP contribution is 2.32. The number of piperazine rings is 1. The van der Waals surface area contributed by atoms with Gasteiger partial charge in [0.05, 0.1) is 27.2 Å². The Morgan fingerprint density at radius 2 is 1.77 bits per heavy atom. The lowest BCUT2D eigenvalue weighted by molar-refractivity contribution is -0.133. The standard InChI is InChI=1S/C23H30N2O5/c1-17(18-7-8-21(28-2)22(15-18)29-3)24-10-12-25(13-11-24)23(27)9-14-30-20-6-4-5-19(26)16-20/h4-8,15-17,26H,9-14H2,1-3H3. The van der Waals surface area contributed by atoms with Crippen LogP contribution in [-0.2, 0) is 4.79 Å². The van der Waals surface area contributed by atoms with E-state index < -0.39 is 0 Å². The van der Waals surface area contributed by atoms with Crippen molar-refractivity contribution in [3.63, 3.8) is 0 Å². The normalized spacial score (nSPS) is 15.5. The minimum atomic E-state index is 0.0913. The fourth-order valence-corrected chi connectivity index (χ4v) is 3.67. The van der Waals surface area contributed by atoms with E-state index >= 15 is 0 Å². The SMILES string of the molecule is COc1ccc(C(C)N2CCN(C(=O)CCOc3cccc(O)c3)CC2)cc1OC. The molecule has 1 unspecified atom stereocenters. The van der Waals surface area contributed by atoms with Crippen LogP contribution in [-0.4, -0.2) is 67.8 Å². The van der Waals surface area contributed by atoms with Crippen molar-refractivity contribution in [1.29, 1.82) is 0 Å². The molecule has 0 radical (unpaired) electrons. The van der Waals surface area contributed by atoms with E-state index in [1.165, 1.54) is 0 Å². The van der Waals surface area contributed by atoms with Gasteiger partial charge in [0.15, 0.2) is 11.5 Å². The number of phenols is 1. The molecule has 7 heteroatoms. The van der Waals surface area contributed by atoms with Gasteiger partial charge in [-0.15, -0.1) is 0 Å². The molecule has 30 heavy (non-hydrogen) atoms. The van der Waals surface area contributed by atoms with E-state index in [0.717, 1.165) is 30.2 Å². The first-order valence-corrected chi connectivity index (χ1v) is 10.2. The van der Waals surface area contributed by atoms with Crippen molar-refractivity contribution in [2.75, 3.05) is 47.0 Å². The van der Waals surface area contributed by atoms with Crippen molar-refractivity contribution in [3.05, 3.63) is 48.0 Å². The maximum Gasteiger partial charge on any atom is 0.226 e. The fraction of sp³-hybridized carbons (Fsp3) is 0.435. The molecule has 1 fully saturated rings. The lowest BCUT2D eigenvalue weighted by Gasteiger charge is -2.38. The van der Waals surface area contributed by atoms with Gasteiger partial charge in [0.1, 0.15) is 11.5 Å². The van der Waals surface area contributed by atoms with E-state index in [1.54, 1.807) is 38.5 Å². The molecule has 7 nitrogen and oxygen atoms in total. The summed E-state index contributed by atoms with van der Waals surface area (Å²) in [7, 11) is 3.27. The highest BCUT2D eigenvalue weighted by molar-refractivity contribution is 5.76. The van der Waals surface area contributed by atoms with Gasteiger partial charge in [-0.3, -0.25) is 9.69 Å². The number of aromatic hydroxyl groups is 1. The van der Waals surface area contributed by atoms with E-state index in [0.29, 0.717) is 31.9 Å². The van der Waals surface area contributed by atoms with Crippen LogP contribution in [0.25, 0.3) is 0 Å². The van der Waals surface area contributed by atoms with Crippen molar-refractivity contribution in [2.45, 2.75) is 19.4 Å². The summed E-state index contributed by atoms with van der Waals surface area (Å²) < 4.78 is 16.3. The van der Waals surface area contributed by atoms with Crippen LogP contribution in [0.3, 0.4) is 0 Å². The third kappa shape index (κ3) is 5.36. The van der Waals surface area contributed by atoms with Gasteiger partial charge in [0.2, 0.25) is 5.91 Å². The van der Waals surface area contributed by atoms with E-state index in [9.17, 15) is 9.90 Å².